The lowest BCUT2D eigenvalue weighted by atomic mass is 9.93. The predicted octanol–water partition coefficient (Wildman–Crippen LogP) is 9.15. The van der Waals surface area contributed by atoms with Crippen LogP contribution in [0.1, 0.15) is 86.4 Å². The van der Waals surface area contributed by atoms with E-state index in [2.05, 4.69) is 120 Å². The van der Waals surface area contributed by atoms with Gasteiger partial charge in [0.15, 0.2) is 22.9 Å². The van der Waals surface area contributed by atoms with Gasteiger partial charge in [-0.2, -0.15) is 0 Å². The van der Waals surface area contributed by atoms with Crippen molar-refractivity contribution in [3.8, 4) is 0 Å². The van der Waals surface area contributed by atoms with E-state index in [4.69, 9.17) is 0 Å². The summed E-state index contributed by atoms with van der Waals surface area (Å²) in [5.74, 6) is 4.66. The highest BCUT2D eigenvalue weighted by Gasteiger charge is 2.17. The molecule has 248 valence electrons. The fraction of sp³-hybridized carbons (Fsp3) is 0.405. The molecule has 4 aromatic heterocycles. The van der Waals surface area contributed by atoms with E-state index in [1.54, 1.807) is 0 Å². The van der Waals surface area contributed by atoms with Crippen LogP contribution in [0.15, 0.2) is 0 Å². The number of hydrogen-bond donors (Lipinski definition) is 4. The number of aromatic nitrogens is 8. The molecular formula is C37H50N10. The molecule has 4 N–H and O–H groups in total. The summed E-state index contributed by atoms with van der Waals surface area (Å²) < 4.78 is 0. The molecule has 0 bridgehead atoms. The van der Waals surface area contributed by atoms with E-state index >= 15 is 0 Å². The zero-order chi connectivity index (χ0) is 33.8. The topological polar surface area (TPSA) is 133 Å². The molecule has 6 aromatic rings. The Morgan fingerprint density at radius 2 is 0.638 bits per heavy atom. The molecule has 0 aliphatic rings. The van der Waals surface area contributed by atoms with Crippen LogP contribution in [0, 0.1) is 96.9 Å². The minimum atomic E-state index is 0. The van der Waals surface area contributed by atoms with Gasteiger partial charge in [0, 0.05) is 11.4 Å². The van der Waals surface area contributed by atoms with Crippen LogP contribution in [0.2, 0.25) is 0 Å². The van der Waals surface area contributed by atoms with Gasteiger partial charge in [-0.15, -0.1) is 0 Å². The zero-order valence-electron chi connectivity index (χ0n) is 29.7. The first kappa shape index (κ1) is 35.0. The van der Waals surface area contributed by atoms with Crippen molar-refractivity contribution in [2.45, 2.75) is 104 Å². The van der Waals surface area contributed by atoms with Gasteiger partial charge in [-0.25, -0.2) is 29.9 Å². The Morgan fingerprint density at radius 3 is 0.936 bits per heavy atom. The van der Waals surface area contributed by atoms with Crippen LogP contribution >= 0.6 is 0 Å². The van der Waals surface area contributed by atoms with E-state index in [1.165, 1.54) is 55.6 Å². The van der Waals surface area contributed by atoms with Gasteiger partial charge in [-0.3, -0.25) is 0 Å². The third-order valence-corrected chi connectivity index (χ3v) is 9.65. The lowest BCUT2D eigenvalue weighted by Gasteiger charge is -2.19. The smallest absolute Gasteiger partial charge is 0.183 e. The number of nitrogens with zero attached hydrogens (tertiary/aromatic N) is 6. The molecule has 2 aromatic carbocycles. The molecule has 0 saturated heterocycles. The Morgan fingerprint density at radius 1 is 0.362 bits per heavy atom. The second kappa shape index (κ2) is 13.1. The first-order valence-electron chi connectivity index (χ1n) is 15.7. The number of H-pyrrole nitrogens is 2. The number of rotatable bonds is 4. The normalized spacial score (nSPS) is 11.0. The molecule has 0 unspecified atom stereocenters. The quantitative estimate of drug-likeness (QED) is 0.151. The summed E-state index contributed by atoms with van der Waals surface area (Å²) in [6.07, 6.45) is 0. The number of imidazole rings is 2. The monoisotopic (exact) mass is 634 g/mol. The van der Waals surface area contributed by atoms with Crippen LogP contribution in [0.3, 0.4) is 0 Å². The van der Waals surface area contributed by atoms with Gasteiger partial charge in [-0.05, 0) is 153 Å². The third kappa shape index (κ3) is 6.41. The fourth-order valence-electron chi connectivity index (χ4n) is 6.04. The fourth-order valence-corrected chi connectivity index (χ4v) is 6.04. The minimum absolute atomic E-state index is 0. The second-order valence-electron chi connectivity index (χ2n) is 12.5. The van der Waals surface area contributed by atoms with Crippen LogP contribution in [0.4, 0.5) is 23.0 Å². The highest BCUT2D eigenvalue weighted by Crippen LogP contribution is 2.35. The van der Waals surface area contributed by atoms with Crippen molar-refractivity contribution in [3.63, 3.8) is 0 Å². The van der Waals surface area contributed by atoms with E-state index in [0.29, 0.717) is 22.9 Å². The van der Waals surface area contributed by atoms with Crippen molar-refractivity contribution in [3.05, 3.63) is 78.9 Å². The molecule has 0 spiro atoms. The van der Waals surface area contributed by atoms with Gasteiger partial charge >= 0.3 is 0 Å². The molecule has 0 radical (unpaired) electrons. The average molecular weight is 635 g/mol. The first-order valence-corrected chi connectivity index (χ1v) is 15.7. The van der Waals surface area contributed by atoms with Crippen molar-refractivity contribution < 1.29 is 0 Å². The van der Waals surface area contributed by atoms with Crippen molar-refractivity contribution in [1.29, 1.82) is 0 Å². The Balaban J connectivity index is 0.000000208. The molecule has 0 atom stereocenters. The molecule has 0 saturated carbocycles. The van der Waals surface area contributed by atoms with Crippen molar-refractivity contribution >= 4 is 45.3 Å². The average Bonchev–Trinajstić information content (AvgIpc) is 3.58. The summed E-state index contributed by atoms with van der Waals surface area (Å²) in [6.45, 7) is 29.3. The number of aromatic amines is 2. The molecule has 0 aliphatic heterocycles. The lowest BCUT2D eigenvalue weighted by Crippen LogP contribution is -2.05. The summed E-state index contributed by atoms with van der Waals surface area (Å²) in [6, 6.07) is 0. The molecule has 0 aliphatic carbocycles. The van der Waals surface area contributed by atoms with Gasteiger partial charge in [-0.1, -0.05) is 7.43 Å². The highest BCUT2D eigenvalue weighted by molar-refractivity contribution is 5.88. The Bertz CT molecular complexity index is 1940. The maximum Gasteiger partial charge on any atom is 0.183 e. The van der Waals surface area contributed by atoms with Crippen LogP contribution in [0.5, 0.6) is 0 Å². The van der Waals surface area contributed by atoms with Crippen LogP contribution in [0.25, 0.3) is 22.3 Å². The minimum Gasteiger partial charge on any atom is -0.338 e. The molecular weight excluding hydrogens is 584 g/mol. The van der Waals surface area contributed by atoms with Crippen molar-refractivity contribution in [1.82, 2.24) is 39.9 Å². The standard InChI is InChI=1S/2C18H23N5.CH4/c2*1-8-9(2)11(4)15(12(5)10(8)3)23-18-16-17(20-13(6)19-16)21-14(7)22-18;/h2*1-7H3,(H2,19,20,21,22,23);1H4. The summed E-state index contributed by atoms with van der Waals surface area (Å²) in [7, 11) is 0. The number of fused-ring (bicyclic) bond motifs is 2. The number of nitrogens with one attached hydrogen (secondary N) is 4. The van der Waals surface area contributed by atoms with Gasteiger partial charge in [0.05, 0.1) is 0 Å². The number of aryl methyl sites for hydroxylation is 4. The zero-order valence-corrected chi connectivity index (χ0v) is 29.7. The Hall–Kier alpha value is -4.86. The Kier molecular flexibility index (Phi) is 9.75. The molecule has 6 rings (SSSR count). The first-order chi connectivity index (χ1) is 21.6. The summed E-state index contributed by atoms with van der Waals surface area (Å²) >= 11 is 0. The number of anilines is 4. The molecule has 0 fully saturated rings. The SMILES string of the molecule is C.Cc1nc(Nc2c(C)c(C)c(C)c(C)c2C)c2[nH]c(C)nc2n1.Cc1nc(Nc2c(C)c(C)c(C)c(C)c2C)c2[nH]c(C)nc2n1. The Labute approximate surface area is 278 Å². The van der Waals surface area contributed by atoms with Crippen LogP contribution < -0.4 is 10.6 Å². The van der Waals surface area contributed by atoms with E-state index in [1.807, 2.05) is 27.7 Å². The second-order valence-corrected chi connectivity index (χ2v) is 12.5. The van der Waals surface area contributed by atoms with Crippen molar-refractivity contribution in [2.24, 2.45) is 0 Å². The lowest BCUT2D eigenvalue weighted by molar-refractivity contribution is 1.07. The van der Waals surface area contributed by atoms with Crippen LogP contribution in [-0.2, 0) is 0 Å². The molecule has 47 heavy (non-hydrogen) atoms. The van der Waals surface area contributed by atoms with Gasteiger partial charge in [0.25, 0.3) is 0 Å². The molecule has 4 heterocycles. The van der Waals surface area contributed by atoms with Gasteiger partial charge < -0.3 is 20.6 Å². The van der Waals surface area contributed by atoms with E-state index in [9.17, 15) is 0 Å². The van der Waals surface area contributed by atoms with Crippen molar-refractivity contribution in [2.75, 3.05) is 10.6 Å². The number of hydrogen-bond acceptors (Lipinski definition) is 8. The maximum atomic E-state index is 4.58. The summed E-state index contributed by atoms with van der Waals surface area (Å²) in [4.78, 5) is 33.3. The van der Waals surface area contributed by atoms with E-state index in [-0.39, 0.29) is 7.43 Å². The molecule has 10 nitrogen and oxygen atoms in total. The predicted molar refractivity (Wildman–Crippen MR) is 196 cm³/mol. The van der Waals surface area contributed by atoms with Gasteiger partial charge in [0.1, 0.15) is 34.3 Å². The molecule has 0 amide bonds. The maximum absolute atomic E-state index is 4.58. The largest absolute Gasteiger partial charge is 0.338 e. The third-order valence-electron chi connectivity index (χ3n) is 9.65. The van der Waals surface area contributed by atoms with Gasteiger partial charge in [0.2, 0.25) is 0 Å². The highest BCUT2D eigenvalue weighted by atomic mass is 15.1. The van der Waals surface area contributed by atoms with E-state index in [0.717, 1.165) is 45.7 Å². The van der Waals surface area contributed by atoms with Crippen LogP contribution in [-0.4, -0.2) is 39.9 Å². The number of benzene rings is 2. The summed E-state index contributed by atoms with van der Waals surface area (Å²) in [5.41, 5.74) is 18.4. The van der Waals surface area contributed by atoms with E-state index < -0.39 is 0 Å². The summed E-state index contributed by atoms with van der Waals surface area (Å²) in [5, 5.41) is 7.05. The molecule has 10 heteroatoms.